The second-order valence-corrected chi connectivity index (χ2v) is 6.78. The molecule has 0 radical (unpaired) electrons. The number of aryl methyl sites for hydroxylation is 1. The average Bonchev–Trinajstić information content (AvgIpc) is 2.66. The van der Waals surface area contributed by atoms with Gasteiger partial charge in [-0.15, -0.1) is 11.8 Å². The number of carbonyl (C=O) groups excluding carboxylic acids is 2. The second-order valence-electron chi connectivity index (χ2n) is 5.90. The van der Waals surface area contributed by atoms with Crippen LogP contribution in [0.4, 0.5) is 0 Å². The molecule has 5 heteroatoms. The van der Waals surface area contributed by atoms with Crippen LogP contribution >= 0.6 is 11.8 Å². The Morgan fingerprint density at radius 1 is 1.12 bits per heavy atom. The number of amides is 1. The van der Waals surface area contributed by atoms with Crippen molar-refractivity contribution in [2.24, 2.45) is 0 Å². The lowest BCUT2D eigenvalue weighted by atomic mass is 10.1. The van der Waals surface area contributed by atoms with Crippen molar-refractivity contribution in [3.05, 3.63) is 71.3 Å². The minimum atomic E-state index is -0.528. The van der Waals surface area contributed by atoms with Gasteiger partial charge in [-0.25, -0.2) is 4.79 Å². The first-order chi connectivity index (χ1) is 12.5. The molecule has 2 rings (SSSR count). The molecule has 0 saturated carbocycles. The van der Waals surface area contributed by atoms with Gasteiger partial charge in [0.25, 0.3) is 5.91 Å². The highest BCUT2D eigenvalue weighted by Crippen LogP contribution is 2.15. The SMILES string of the molecule is CSc1ccc(CN(C)C(=O)COC(=O)/C=C/c2ccccc2C)cc1. The van der Waals surface area contributed by atoms with Crippen molar-refractivity contribution in [2.45, 2.75) is 18.4 Å². The van der Waals surface area contributed by atoms with Gasteiger partial charge in [-0.05, 0) is 48.1 Å². The summed E-state index contributed by atoms with van der Waals surface area (Å²) < 4.78 is 5.04. The third-order valence-electron chi connectivity index (χ3n) is 3.93. The molecule has 136 valence electrons. The van der Waals surface area contributed by atoms with Gasteiger partial charge in [0, 0.05) is 24.6 Å². The summed E-state index contributed by atoms with van der Waals surface area (Å²) in [4.78, 5) is 26.7. The maximum atomic E-state index is 12.1. The number of rotatable bonds is 7. The Morgan fingerprint density at radius 2 is 1.81 bits per heavy atom. The van der Waals surface area contributed by atoms with Crippen LogP contribution < -0.4 is 0 Å². The van der Waals surface area contributed by atoms with E-state index in [1.165, 1.54) is 11.0 Å². The van der Waals surface area contributed by atoms with Gasteiger partial charge in [-0.2, -0.15) is 0 Å². The Hall–Kier alpha value is -2.53. The molecule has 2 aromatic carbocycles. The molecule has 0 aliphatic carbocycles. The van der Waals surface area contributed by atoms with Crippen LogP contribution in [-0.2, 0) is 20.9 Å². The van der Waals surface area contributed by atoms with E-state index >= 15 is 0 Å². The van der Waals surface area contributed by atoms with Gasteiger partial charge >= 0.3 is 5.97 Å². The molecule has 4 nitrogen and oxygen atoms in total. The summed E-state index contributed by atoms with van der Waals surface area (Å²) in [7, 11) is 1.70. The molecule has 1 amide bonds. The van der Waals surface area contributed by atoms with E-state index in [0.717, 1.165) is 16.7 Å². The minimum Gasteiger partial charge on any atom is -0.452 e. The van der Waals surface area contributed by atoms with Crippen molar-refractivity contribution >= 4 is 29.7 Å². The quantitative estimate of drug-likeness (QED) is 0.421. The number of thioether (sulfide) groups is 1. The van der Waals surface area contributed by atoms with Crippen molar-refractivity contribution in [3.8, 4) is 0 Å². The molecule has 0 saturated heterocycles. The van der Waals surface area contributed by atoms with E-state index < -0.39 is 5.97 Å². The number of likely N-dealkylation sites (N-methyl/N-ethyl adjacent to an activating group) is 1. The van der Waals surface area contributed by atoms with Gasteiger partial charge in [0.15, 0.2) is 6.61 Å². The van der Waals surface area contributed by atoms with E-state index in [-0.39, 0.29) is 12.5 Å². The molecule has 26 heavy (non-hydrogen) atoms. The first-order valence-electron chi connectivity index (χ1n) is 8.27. The van der Waals surface area contributed by atoms with Crippen LogP contribution in [-0.4, -0.2) is 36.7 Å². The van der Waals surface area contributed by atoms with E-state index in [2.05, 4.69) is 0 Å². The maximum absolute atomic E-state index is 12.1. The molecule has 2 aromatic rings. The van der Waals surface area contributed by atoms with Crippen LogP contribution in [0.3, 0.4) is 0 Å². The van der Waals surface area contributed by atoms with E-state index in [9.17, 15) is 9.59 Å². The van der Waals surface area contributed by atoms with Crippen LogP contribution in [0.1, 0.15) is 16.7 Å². The Bertz CT molecular complexity index is 784. The summed E-state index contributed by atoms with van der Waals surface area (Å²) in [6, 6.07) is 15.8. The number of benzene rings is 2. The van der Waals surface area contributed by atoms with E-state index in [0.29, 0.717) is 6.54 Å². The number of hydrogen-bond acceptors (Lipinski definition) is 4. The highest BCUT2D eigenvalue weighted by molar-refractivity contribution is 7.98. The van der Waals surface area contributed by atoms with Gasteiger partial charge in [-0.1, -0.05) is 36.4 Å². The third-order valence-corrected chi connectivity index (χ3v) is 4.67. The fraction of sp³-hybridized carbons (Fsp3) is 0.238. The first kappa shape index (κ1) is 19.8. The number of hydrogen-bond donors (Lipinski definition) is 0. The van der Waals surface area contributed by atoms with Gasteiger partial charge in [0.05, 0.1) is 0 Å². The largest absolute Gasteiger partial charge is 0.452 e. The fourth-order valence-corrected chi connectivity index (χ4v) is 2.72. The maximum Gasteiger partial charge on any atom is 0.331 e. The number of ether oxygens (including phenoxy) is 1. The summed E-state index contributed by atoms with van der Waals surface area (Å²) in [5, 5.41) is 0. The molecule has 0 fully saturated rings. The third kappa shape index (κ3) is 6.08. The summed E-state index contributed by atoms with van der Waals surface area (Å²) in [6.07, 6.45) is 5.06. The molecular formula is C21H23NO3S. The van der Waals surface area contributed by atoms with Crippen molar-refractivity contribution in [2.75, 3.05) is 19.9 Å². The Kier molecular flexibility index (Phi) is 7.48. The lowest BCUT2D eigenvalue weighted by Gasteiger charge is -2.17. The molecule has 0 unspecified atom stereocenters. The average molecular weight is 369 g/mol. The van der Waals surface area contributed by atoms with Crippen molar-refractivity contribution in [1.29, 1.82) is 0 Å². The molecule has 0 spiro atoms. The zero-order valence-electron chi connectivity index (χ0n) is 15.3. The molecule has 0 aliphatic rings. The minimum absolute atomic E-state index is 0.239. The molecular weight excluding hydrogens is 346 g/mol. The normalized spacial score (nSPS) is 10.7. The number of carbonyl (C=O) groups is 2. The zero-order valence-corrected chi connectivity index (χ0v) is 16.1. The fourth-order valence-electron chi connectivity index (χ4n) is 2.32. The highest BCUT2D eigenvalue weighted by atomic mass is 32.2. The topological polar surface area (TPSA) is 46.6 Å². The summed E-state index contributed by atoms with van der Waals surface area (Å²) >= 11 is 1.67. The molecule has 0 heterocycles. The van der Waals surface area contributed by atoms with E-state index in [1.54, 1.807) is 29.8 Å². The van der Waals surface area contributed by atoms with Crippen molar-refractivity contribution < 1.29 is 14.3 Å². The van der Waals surface area contributed by atoms with Crippen LogP contribution in [0.2, 0.25) is 0 Å². The lowest BCUT2D eigenvalue weighted by molar-refractivity contribution is -0.147. The lowest BCUT2D eigenvalue weighted by Crippen LogP contribution is -2.30. The smallest absolute Gasteiger partial charge is 0.331 e. The van der Waals surface area contributed by atoms with Crippen molar-refractivity contribution in [3.63, 3.8) is 0 Å². The predicted octanol–water partition coefficient (Wildman–Crippen LogP) is 3.93. The molecule has 0 atom stereocenters. The Labute approximate surface area is 158 Å². The zero-order chi connectivity index (χ0) is 18.9. The standard InChI is InChI=1S/C21H23NO3S/c1-16-6-4-5-7-18(16)10-13-21(24)25-15-20(23)22(2)14-17-8-11-19(26-3)12-9-17/h4-13H,14-15H2,1-3H3/b13-10+. The molecule has 0 aliphatic heterocycles. The van der Waals surface area contributed by atoms with E-state index in [4.69, 9.17) is 4.74 Å². The van der Waals surface area contributed by atoms with Gasteiger partial charge in [-0.3, -0.25) is 4.79 Å². The Balaban J connectivity index is 1.81. The Morgan fingerprint density at radius 3 is 2.46 bits per heavy atom. The van der Waals surface area contributed by atoms with Crippen LogP contribution in [0.15, 0.2) is 59.5 Å². The van der Waals surface area contributed by atoms with Crippen LogP contribution in [0, 0.1) is 6.92 Å². The van der Waals surface area contributed by atoms with Crippen LogP contribution in [0.25, 0.3) is 6.08 Å². The highest BCUT2D eigenvalue weighted by Gasteiger charge is 2.11. The monoisotopic (exact) mass is 369 g/mol. The predicted molar refractivity (Wildman–Crippen MR) is 106 cm³/mol. The van der Waals surface area contributed by atoms with E-state index in [1.807, 2.05) is 61.7 Å². The summed E-state index contributed by atoms with van der Waals surface area (Å²) in [5.41, 5.74) is 3.05. The molecule has 0 bridgehead atoms. The van der Waals surface area contributed by atoms with Gasteiger partial charge < -0.3 is 9.64 Å². The second kappa shape index (κ2) is 9.82. The molecule has 0 aromatic heterocycles. The summed E-state index contributed by atoms with van der Waals surface area (Å²) in [6.45, 7) is 2.18. The summed E-state index contributed by atoms with van der Waals surface area (Å²) in [5.74, 6) is -0.768. The number of esters is 1. The van der Waals surface area contributed by atoms with Crippen molar-refractivity contribution in [1.82, 2.24) is 4.90 Å². The van der Waals surface area contributed by atoms with Crippen LogP contribution in [0.5, 0.6) is 0 Å². The number of nitrogens with zero attached hydrogens (tertiary/aromatic N) is 1. The molecule has 0 N–H and O–H groups in total. The first-order valence-corrected chi connectivity index (χ1v) is 9.49. The van der Waals surface area contributed by atoms with Gasteiger partial charge in [0.2, 0.25) is 0 Å². The van der Waals surface area contributed by atoms with Gasteiger partial charge in [0.1, 0.15) is 0 Å².